The Kier molecular flexibility index (Phi) is 20.9. The summed E-state index contributed by atoms with van der Waals surface area (Å²) in [6.07, 6.45) is 7.83. The average Bonchev–Trinajstić information content (AvgIpc) is 2.83. The smallest absolute Gasteiger partial charge is 0.305 e. The van der Waals surface area contributed by atoms with Crippen molar-refractivity contribution >= 4 is 29.6 Å². The fraction of sp³-hybridized carbons (Fsp3) is 0.808. The van der Waals surface area contributed by atoms with Crippen molar-refractivity contribution in [3.63, 3.8) is 0 Å². The number of hydrogen-bond donors (Lipinski definition) is 4. The molecule has 0 spiro atoms. The highest BCUT2D eigenvalue weighted by Crippen LogP contribution is 2.14. The monoisotopic (exact) mass is 547 g/mol. The predicted molar refractivity (Wildman–Crippen MR) is 137 cm³/mol. The van der Waals surface area contributed by atoms with Crippen LogP contribution in [0.25, 0.3) is 0 Å². The molecule has 38 heavy (non-hydrogen) atoms. The molecule has 0 atom stereocenters. The molecule has 0 unspecified atom stereocenters. The lowest BCUT2D eigenvalue weighted by molar-refractivity contribution is -0.140. The van der Waals surface area contributed by atoms with Crippen molar-refractivity contribution in [2.45, 2.75) is 95.9 Å². The molecule has 0 saturated carbocycles. The van der Waals surface area contributed by atoms with E-state index in [1.54, 1.807) is 6.92 Å². The van der Waals surface area contributed by atoms with Gasteiger partial charge in [0.15, 0.2) is 0 Å². The molecule has 0 bridgehead atoms. The quantitative estimate of drug-likeness (QED) is 0.111. The van der Waals surface area contributed by atoms with E-state index in [2.05, 4.69) is 5.32 Å². The van der Waals surface area contributed by atoms with E-state index in [4.69, 9.17) is 29.5 Å². The maximum Gasteiger partial charge on any atom is 0.305 e. The largest absolute Gasteiger partial charge is 0.481 e. The topological polar surface area (TPSA) is 186 Å². The van der Waals surface area contributed by atoms with Gasteiger partial charge in [0.1, 0.15) is 11.3 Å². The third kappa shape index (κ3) is 22.6. The zero-order valence-electron chi connectivity index (χ0n) is 22.5. The van der Waals surface area contributed by atoms with E-state index in [9.17, 15) is 24.0 Å². The van der Waals surface area contributed by atoms with E-state index >= 15 is 0 Å². The lowest BCUT2D eigenvalue weighted by Crippen LogP contribution is -2.58. The maximum atomic E-state index is 12.8. The van der Waals surface area contributed by atoms with Crippen LogP contribution in [0, 0.1) is 0 Å². The lowest BCUT2D eigenvalue weighted by Gasteiger charge is -2.34. The van der Waals surface area contributed by atoms with Crippen molar-refractivity contribution in [2.75, 3.05) is 39.6 Å². The van der Waals surface area contributed by atoms with Crippen LogP contribution in [0.5, 0.6) is 0 Å². The minimum absolute atomic E-state index is 0.119. The zero-order chi connectivity index (χ0) is 28.7. The summed E-state index contributed by atoms with van der Waals surface area (Å²) in [6, 6.07) is 0. The predicted octanol–water partition coefficient (Wildman–Crippen LogP) is 2.81. The number of ketones is 1. The summed E-state index contributed by atoms with van der Waals surface area (Å²) in [5.74, 6) is -3.22. The van der Waals surface area contributed by atoms with Gasteiger partial charge in [-0.3, -0.25) is 19.2 Å². The molecule has 0 aromatic heterocycles. The van der Waals surface area contributed by atoms with Crippen LogP contribution < -0.4 is 5.32 Å². The fourth-order valence-electron chi connectivity index (χ4n) is 3.59. The maximum absolute atomic E-state index is 12.8. The molecular weight excluding hydrogens is 502 g/mol. The van der Waals surface area contributed by atoms with Gasteiger partial charge in [-0.25, -0.2) is 0 Å². The van der Waals surface area contributed by atoms with E-state index in [0.717, 1.165) is 44.9 Å². The van der Waals surface area contributed by atoms with Gasteiger partial charge < -0.3 is 39.6 Å². The van der Waals surface area contributed by atoms with Gasteiger partial charge in [-0.05, 0) is 19.8 Å². The minimum atomic E-state index is -1.24. The summed E-state index contributed by atoms with van der Waals surface area (Å²) in [5, 5.41) is 29.4. The molecule has 12 heteroatoms. The number of rotatable bonds is 27. The van der Waals surface area contributed by atoms with Gasteiger partial charge in [-0.1, -0.05) is 38.5 Å². The molecule has 0 aliphatic carbocycles. The first kappa shape index (κ1) is 35.4. The lowest BCUT2D eigenvalue weighted by atomic mass is 10.0. The number of ether oxygens (including phenoxy) is 3. The van der Waals surface area contributed by atoms with Gasteiger partial charge in [-0.2, -0.15) is 0 Å². The average molecular weight is 548 g/mol. The Morgan fingerprint density at radius 3 is 1.24 bits per heavy atom. The normalized spacial score (nSPS) is 11.3. The number of amides is 1. The van der Waals surface area contributed by atoms with Gasteiger partial charge in [0, 0.05) is 12.8 Å². The third-order valence-corrected chi connectivity index (χ3v) is 5.60. The summed E-state index contributed by atoms with van der Waals surface area (Å²) in [4.78, 5) is 56.1. The molecule has 0 aromatic carbocycles. The summed E-state index contributed by atoms with van der Waals surface area (Å²) in [7, 11) is 0. The van der Waals surface area contributed by atoms with Gasteiger partial charge in [0.2, 0.25) is 5.91 Å². The van der Waals surface area contributed by atoms with E-state index in [0.29, 0.717) is 12.8 Å². The number of unbranched alkanes of at least 4 members (excludes halogenated alkanes) is 7. The second-order valence-electron chi connectivity index (χ2n) is 9.45. The van der Waals surface area contributed by atoms with E-state index in [1.165, 1.54) is 0 Å². The Hall–Kier alpha value is -2.57. The first-order chi connectivity index (χ1) is 18.1. The van der Waals surface area contributed by atoms with Gasteiger partial charge >= 0.3 is 17.9 Å². The highest BCUT2D eigenvalue weighted by atomic mass is 16.5. The molecule has 0 radical (unpaired) electrons. The molecule has 0 heterocycles. The van der Waals surface area contributed by atoms with Crippen molar-refractivity contribution in [2.24, 2.45) is 0 Å². The number of hydrogen-bond acceptors (Lipinski definition) is 8. The van der Waals surface area contributed by atoms with E-state index < -0.39 is 23.4 Å². The molecule has 0 rings (SSSR count). The highest BCUT2D eigenvalue weighted by Gasteiger charge is 2.33. The number of nitrogens with one attached hydrogen (secondary N) is 1. The van der Waals surface area contributed by atoms with Crippen LogP contribution in [0.4, 0.5) is 0 Å². The number of carboxylic acid groups (broad SMARTS) is 3. The molecule has 4 N–H and O–H groups in total. The van der Waals surface area contributed by atoms with Crippen molar-refractivity contribution in [1.29, 1.82) is 0 Å². The molecule has 0 saturated heterocycles. The standard InChI is InChI=1S/C26H45NO11/c1-21(28)10-8-6-4-2-3-5-7-9-11-22(29)27-26(18-36-15-12-23(30)31,19-37-16-13-24(32)33)20-38-17-14-25(34)35/h2-20H2,1H3,(H,27,29)(H,30,31)(H,32,33)(H,34,35). The number of carboxylic acids is 3. The van der Waals surface area contributed by atoms with Crippen LogP contribution in [-0.2, 0) is 38.2 Å². The van der Waals surface area contributed by atoms with Crippen LogP contribution in [0.3, 0.4) is 0 Å². The second-order valence-corrected chi connectivity index (χ2v) is 9.45. The third-order valence-electron chi connectivity index (χ3n) is 5.60. The SMILES string of the molecule is CC(=O)CCCCCCCCCCC(=O)NC(COCCC(=O)O)(COCCC(=O)O)COCCC(=O)O. The van der Waals surface area contributed by atoms with Gasteiger partial charge in [0.05, 0.1) is 58.9 Å². The Bertz CT molecular complexity index is 656. The molecule has 0 fully saturated rings. The highest BCUT2D eigenvalue weighted by molar-refractivity contribution is 5.77. The number of Topliss-reactive ketones (excluding diaryl/α,β-unsaturated/α-hetero) is 1. The Morgan fingerprint density at radius 1 is 0.553 bits per heavy atom. The molecule has 0 aromatic rings. The zero-order valence-corrected chi connectivity index (χ0v) is 22.5. The molecule has 0 aliphatic heterocycles. The van der Waals surface area contributed by atoms with Gasteiger partial charge in [-0.15, -0.1) is 0 Å². The Morgan fingerprint density at radius 2 is 0.895 bits per heavy atom. The number of carbonyl (C=O) groups excluding carboxylic acids is 2. The molecule has 1 amide bonds. The molecule has 0 aliphatic rings. The number of carbonyl (C=O) groups is 5. The minimum Gasteiger partial charge on any atom is -0.481 e. The van der Waals surface area contributed by atoms with Crippen molar-refractivity contribution in [3.8, 4) is 0 Å². The van der Waals surface area contributed by atoms with Crippen LogP contribution in [0.2, 0.25) is 0 Å². The van der Waals surface area contributed by atoms with E-state index in [-0.39, 0.29) is 77.0 Å². The summed E-state index contributed by atoms with van der Waals surface area (Å²) >= 11 is 0. The van der Waals surface area contributed by atoms with Crippen LogP contribution >= 0.6 is 0 Å². The van der Waals surface area contributed by atoms with Crippen molar-refractivity contribution < 1.29 is 53.5 Å². The Balaban J connectivity index is 4.80. The summed E-state index contributed by atoms with van der Waals surface area (Å²) in [5.41, 5.74) is -1.24. The van der Waals surface area contributed by atoms with Crippen LogP contribution in [-0.4, -0.2) is 90.1 Å². The Labute approximate surface area is 224 Å². The second kappa shape index (κ2) is 22.4. The summed E-state index contributed by atoms with van der Waals surface area (Å²) < 4.78 is 16.4. The van der Waals surface area contributed by atoms with Crippen molar-refractivity contribution in [1.82, 2.24) is 5.32 Å². The van der Waals surface area contributed by atoms with E-state index in [1.807, 2.05) is 0 Å². The molecule has 220 valence electrons. The first-order valence-corrected chi connectivity index (χ1v) is 13.3. The van der Waals surface area contributed by atoms with Crippen LogP contribution in [0.1, 0.15) is 90.4 Å². The first-order valence-electron chi connectivity index (χ1n) is 13.3. The number of aliphatic carboxylic acids is 3. The van der Waals surface area contributed by atoms with Crippen molar-refractivity contribution in [3.05, 3.63) is 0 Å². The fourth-order valence-corrected chi connectivity index (χ4v) is 3.59. The molecular formula is C26H45NO11. The summed E-state index contributed by atoms with van der Waals surface area (Å²) in [6.45, 7) is 0.775. The van der Waals surface area contributed by atoms with Crippen LogP contribution in [0.15, 0.2) is 0 Å². The molecule has 12 nitrogen and oxygen atoms in total. The van der Waals surface area contributed by atoms with Gasteiger partial charge in [0.25, 0.3) is 0 Å².